The number of piperazine rings is 1. The molecule has 3 amide bonds. The molecule has 4 rings (SSSR count). The van der Waals surface area contributed by atoms with Crippen molar-refractivity contribution < 1.29 is 9.59 Å². The number of carbonyl (C=O) groups excluding carboxylic acids is 2. The number of hydrogen-bond acceptors (Lipinski definition) is 5. The molecule has 0 atom stereocenters. The summed E-state index contributed by atoms with van der Waals surface area (Å²) >= 11 is 0. The second kappa shape index (κ2) is 11.8. The van der Waals surface area contributed by atoms with Gasteiger partial charge in [-0.25, -0.2) is 9.78 Å². The van der Waals surface area contributed by atoms with Gasteiger partial charge in [-0.2, -0.15) is 0 Å². The van der Waals surface area contributed by atoms with Crippen molar-refractivity contribution >= 4 is 23.4 Å². The number of para-hydroxylation sites is 1. The van der Waals surface area contributed by atoms with E-state index in [2.05, 4.69) is 38.4 Å². The number of aromatic nitrogens is 1. The first-order chi connectivity index (χ1) is 16.6. The smallest absolute Gasteiger partial charge is 0.317 e. The minimum absolute atomic E-state index is 0.0145. The van der Waals surface area contributed by atoms with Crippen molar-refractivity contribution in [3.63, 3.8) is 0 Å². The van der Waals surface area contributed by atoms with Crippen LogP contribution in [0, 0.1) is 0 Å². The van der Waals surface area contributed by atoms with Gasteiger partial charge < -0.3 is 20.4 Å². The third-order valence-corrected chi connectivity index (χ3v) is 6.63. The van der Waals surface area contributed by atoms with Crippen molar-refractivity contribution in [2.75, 3.05) is 56.0 Å². The highest BCUT2D eigenvalue weighted by atomic mass is 16.2. The molecule has 0 saturated carbocycles. The molecular weight excluding hydrogens is 428 g/mol. The Hall–Kier alpha value is -3.13. The number of anilines is 2. The van der Waals surface area contributed by atoms with E-state index in [1.807, 2.05) is 41.4 Å². The maximum Gasteiger partial charge on any atom is 0.317 e. The number of urea groups is 1. The van der Waals surface area contributed by atoms with Gasteiger partial charge in [-0.1, -0.05) is 31.2 Å². The van der Waals surface area contributed by atoms with Crippen LogP contribution in [-0.2, 0) is 17.8 Å². The molecule has 0 aliphatic carbocycles. The molecule has 8 heteroatoms. The molecule has 2 saturated heterocycles. The number of carbonyl (C=O) groups is 2. The Morgan fingerprint density at radius 2 is 1.71 bits per heavy atom. The lowest BCUT2D eigenvalue weighted by atomic mass is 10.1. The summed E-state index contributed by atoms with van der Waals surface area (Å²) in [4.78, 5) is 35.9. The Bertz CT molecular complexity index is 950. The number of benzene rings is 1. The molecular formula is C26H36N6O2. The number of amides is 3. The van der Waals surface area contributed by atoms with Crippen molar-refractivity contribution in [3.05, 3.63) is 53.7 Å². The number of aryl methyl sites for hydroxylation is 1. The lowest BCUT2D eigenvalue weighted by molar-refractivity contribution is -0.117. The molecule has 3 heterocycles. The quantitative estimate of drug-likeness (QED) is 0.658. The molecule has 0 spiro atoms. The van der Waals surface area contributed by atoms with Crippen LogP contribution in [0.3, 0.4) is 0 Å². The van der Waals surface area contributed by atoms with E-state index < -0.39 is 0 Å². The lowest BCUT2D eigenvalue weighted by Crippen LogP contribution is -2.52. The van der Waals surface area contributed by atoms with Crippen molar-refractivity contribution in [1.29, 1.82) is 0 Å². The standard InChI is InChI=1S/C26H36N6O2/c1-2-22-8-4-5-9-23(22)29-25(33)20-30-14-16-32(17-15-30)26(34)28-19-21-10-11-24(27-18-21)31-12-6-3-7-13-31/h4-5,8-11,18H,2-3,6-7,12-17,19-20H2,1H3,(H,28,34)(H,29,33). The van der Waals surface area contributed by atoms with Gasteiger partial charge in [0, 0.05) is 57.7 Å². The van der Waals surface area contributed by atoms with E-state index >= 15 is 0 Å². The number of piperidine rings is 1. The average Bonchev–Trinajstić information content (AvgIpc) is 2.89. The van der Waals surface area contributed by atoms with E-state index in [0.29, 0.717) is 39.3 Å². The molecule has 2 aromatic rings. The molecule has 0 unspecified atom stereocenters. The Labute approximate surface area is 202 Å². The highest BCUT2D eigenvalue weighted by Crippen LogP contribution is 2.18. The second-order valence-electron chi connectivity index (χ2n) is 9.05. The fraction of sp³-hybridized carbons (Fsp3) is 0.500. The predicted octanol–water partition coefficient (Wildman–Crippen LogP) is 3.10. The molecule has 2 N–H and O–H groups in total. The highest BCUT2D eigenvalue weighted by molar-refractivity contribution is 5.93. The first-order valence-corrected chi connectivity index (χ1v) is 12.4. The number of nitrogens with zero attached hydrogens (tertiary/aromatic N) is 4. The van der Waals surface area contributed by atoms with Crippen molar-refractivity contribution in [3.8, 4) is 0 Å². The van der Waals surface area contributed by atoms with Gasteiger partial charge in [-0.15, -0.1) is 0 Å². The fourth-order valence-corrected chi connectivity index (χ4v) is 4.57. The third-order valence-electron chi connectivity index (χ3n) is 6.63. The number of rotatable bonds is 7. The van der Waals surface area contributed by atoms with Crippen LogP contribution in [0.4, 0.5) is 16.3 Å². The summed E-state index contributed by atoms with van der Waals surface area (Å²) in [6, 6.07) is 11.9. The van der Waals surface area contributed by atoms with Gasteiger partial charge in [0.2, 0.25) is 5.91 Å². The van der Waals surface area contributed by atoms with Crippen LogP contribution in [0.5, 0.6) is 0 Å². The lowest BCUT2D eigenvalue weighted by Gasteiger charge is -2.34. The van der Waals surface area contributed by atoms with Gasteiger partial charge in [0.05, 0.1) is 6.54 Å². The number of nitrogens with one attached hydrogen (secondary N) is 2. The van der Waals surface area contributed by atoms with Crippen LogP contribution in [0.1, 0.15) is 37.3 Å². The molecule has 0 bridgehead atoms. The Balaban J connectivity index is 1.17. The number of hydrogen-bond donors (Lipinski definition) is 2. The summed E-state index contributed by atoms with van der Waals surface area (Å²) in [7, 11) is 0. The SMILES string of the molecule is CCc1ccccc1NC(=O)CN1CCN(C(=O)NCc2ccc(N3CCCCC3)nc2)CC1. The van der Waals surface area contributed by atoms with Crippen LogP contribution >= 0.6 is 0 Å². The largest absolute Gasteiger partial charge is 0.357 e. The van der Waals surface area contributed by atoms with Crippen molar-refractivity contribution in [2.45, 2.75) is 39.2 Å². The van der Waals surface area contributed by atoms with E-state index in [1.54, 1.807) is 0 Å². The zero-order chi connectivity index (χ0) is 23.8. The van der Waals surface area contributed by atoms with Crippen LogP contribution in [0.15, 0.2) is 42.6 Å². The summed E-state index contributed by atoms with van der Waals surface area (Å²) in [6.45, 7) is 7.61. The number of pyridine rings is 1. The topological polar surface area (TPSA) is 80.8 Å². The molecule has 34 heavy (non-hydrogen) atoms. The average molecular weight is 465 g/mol. The Morgan fingerprint density at radius 1 is 0.941 bits per heavy atom. The van der Waals surface area contributed by atoms with Gasteiger partial charge in [-0.05, 0) is 48.9 Å². The van der Waals surface area contributed by atoms with E-state index in [1.165, 1.54) is 19.3 Å². The van der Waals surface area contributed by atoms with E-state index in [4.69, 9.17) is 0 Å². The molecule has 1 aromatic heterocycles. The molecule has 8 nitrogen and oxygen atoms in total. The van der Waals surface area contributed by atoms with Gasteiger partial charge in [0.25, 0.3) is 0 Å². The molecule has 2 fully saturated rings. The molecule has 0 radical (unpaired) electrons. The van der Waals surface area contributed by atoms with Crippen molar-refractivity contribution in [1.82, 2.24) is 20.1 Å². The third kappa shape index (κ3) is 6.47. The molecule has 2 aliphatic rings. The van der Waals surface area contributed by atoms with Crippen LogP contribution in [0.2, 0.25) is 0 Å². The van der Waals surface area contributed by atoms with Crippen molar-refractivity contribution in [2.24, 2.45) is 0 Å². The van der Waals surface area contributed by atoms with Crippen LogP contribution in [0.25, 0.3) is 0 Å². The monoisotopic (exact) mass is 464 g/mol. The van der Waals surface area contributed by atoms with Gasteiger partial charge in [0.15, 0.2) is 0 Å². The minimum Gasteiger partial charge on any atom is -0.357 e. The maximum atomic E-state index is 12.6. The van der Waals surface area contributed by atoms with E-state index in [-0.39, 0.29) is 11.9 Å². The Morgan fingerprint density at radius 3 is 2.41 bits per heavy atom. The summed E-state index contributed by atoms with van der Waals surface area (Å²) < 4.78 is 0. The minimum atomic E-state index is -0.0684. The summed E-state index contributed by atoms with van der Waals surface area (Å²) in [5.41, 5.74) is 3.01. The van der Waals surface area contributed by atoms with Gasteiger partial charge in [0.1, 0.15) is 5.82 Å². The van der Waals surface area contributed by atoms with Gasteiger partial charge in [-0.3, -0.25) is 9.69 Å². The predicted molar refractivity (Wildman–Crippen MR) is 135 cm³/mol. The highest BCUT2D eigenvalue weighted by Gasteiger charge is 2.22. The van der Waals surface area contributed by atoms with Crippen LogP contribution < -0.4 is 15.5 Å². The summed E-state index contributed by atoms with van der Waals surface area (Å²) in [6.07, 6.45) is 6.49. The van der Waals surface area contributed by atoms with E-state index in [0.717, 1.165) is 42.1 Å². The van der Waals surface area contributed by atoms with E-state index in [9.17, 15) is 9.59 Å². The molecule has 182 valence electrons. The molecule has 2 aliphatic heterocycles. The normalized spacial score (nSPS) is 16.9. The zero-order valence-electron chi connectivity index (χ0n) is 20.1. The first-order valence-electron chi connectivity index (χ1n) is 12.4. The second-order valence-corrected chi connectivity index (χ2v) is 9.05. The summed E-state index contributed by atoms with van der Waals surface area (Å²) in [5, 5.41) is 6.03. The molecule has 1 aromatic carbocycles. The maximum absolute atomic E-state index is 12.6. The summed E-state index contributed by atoms with van der Waals surface area (Å²) in [5.74, 6) is 1.01. The first kappa shape index (κ1) is 24.0. The fourth-order valence-electron chi connectivity index (χ4n) is 4.57. The zero-order valence-corrected chi connectivity index (χ0v) is 20.1. The van der Waals surface area contributed by atoms with Gasteiger partial charge >= 0.3 is 6.03 Å². The van der Waals surface area contributed by atoms with Crippen LogP contribution in [-0.4, -0.2) is 72.5 Å². The Kier molecular flexibility index (Phi) is 8.36.